The third kappa shape index (κ3) is 3.28. The number of aryl methyl sites for hydroxylation is 2. The monoisotopic (exact) mass is 334 g/mol. The molecule has 1 atom stereocenters. The van der Waals surface area contributed by atoms with Crippen molar-refractivity contribution < 1.29 is 12.8 Å². The average Bonchev–Trinajstić information content (AvgIpc) is 2.92. The lowest BCUT2D eigenvalue weighted by molar-refractivity contribution is 0.356. The van der Waals surface area contributed by atoms with Crippen molar-refractivity contribution >= 4 is 21.6 Å². The second-order valence-corrected chi connectivity index (χ2v) is 8.11. The van der Waals surface area contributed by atoms with Gasteiger partial charge in [-0.25, -0.2) is 12.7 Å². The maximum atomic E-state index is 12.8. The number of halogens is 1. The van der Waals surface area contributed by atoms with E-state index in [1.807, 2.05) is 0 Å². The van der Waals surface area contributed by atoms with Crippen LogP contribution in [0.1, 0.15) is 23.5 Å². The summed E-state index contributed by atoms with van der Waals surface area (Å²) in [6.45, 7) is 5.90. The normalized spacial score (nSPS) is 20.6. The van der Waals surface area contributed by atoms with E-state index in [-0.39, 0.29) is 10.8 Å². The fourth-order valence-electron chi connectivity index (χ4n) is 2.99. The molecular weight excluding hydrogens is 312 g/mol. The van der Waals surface area contributed by atoms with Crippen LogP contribution in [0, 0.1) is 19.8 Å². The maximum Gasteiger partial charge on any atom is 0.246 e. The van der Waals surface area contributed by atoms with Gasteiger partial charge in [0.15, 0.2) is 0 Å². The van der Waals surface area contributed by atoms with E-state index in [1.165, 1.54) is 4.31 Å². The molecule has 0 amide bonds. The van der Waals surface area contributed by atoms with Crippen molar-refractivity contribution in [1.29, 1.82) is 0 Å². The molecule has 7 heteroatoms. The number of rotatable bonds is 5. The number of likely N-dealkylation sites (tertiary alicyclic amines) is 1. The van der Waals surface area contributed by atoms with Gasteiger partial charge in [0.05, 0.1) is 5.88 Å². The van der Waals surface area contributed by atoms with E-state index in [1.54, 1.807) is 20.9 Å². The fraction of sp³-hybridized carbons (Fsp3) is 0.714. The highest BCUT2D eigenvalue weighted by atomic mass is 35.5. The van der Waals surface area contributed by atoms with Crippen LogP contribution in [0.15, 0.2) is 9.31 Å². The Morgan fingerprint density at radius 1 is 1.38 bits per heavy atom. The fourth-order valence-corrected chi connectivity index (χ4v) is 5.05. The Morgan fingerprint density at radius 3 is 2.57 bits per heavy atom. The number of nitrogens with zero attached hydrogens (tertiary/aromatic N) is 2. The van der Waals surface area contributed by atoms with Crippen LogP contribution in [0.2, 0.25) is 0 Å². The van der Waals surface area contributed by atoms with Gasteiger partial charge in [-0.15, -0.1) is 11.6 Å². The molecule has 0 saturated carbocycles. The molecule has 2 rings (SSSR count). The highest BCUT2D eigenvalue weighted by molar-refractivity contribution is 7.89. The summed E-state index contributed by atoms with van der Waals surface area (Å²) < 4.78 is 32.5. The lowest BCUT2D eigenvalue weighted by Crippen LogP contribution is -2.33. The van der Waals surface area contributed by atoms with Crippen molar-refractivity contribution in [2.24, 2.45) is 5.92 Å². The smallest absolute Gasteiger partial charge is 0.246 e. The topological polar surface area (TPSA) is 53.8 Å². The molecule has 0 aromatic carbocycles. The first-order valence-corrected chi connectivity index (χ1v) is 9.04. The first-order chi connectivity index (χ1) is 9.77. The predicted molar refractivity (Wildman–Crippen MR) is 83.2 cm³/mol. The standard InChI is InChI=1S/C14H23ClN2O3S/c1-10-13(7-15)14(11(2)20-10)21(18,19)17(4)9-12-5-6-16(3)8-12/h12H,5-9H2,1-4H3. The third-order valence-electron chi connectivity index (χ3n) is 4.13. The van der Waals surface area contributed by atoms with Crippen LogP contribution in [-0.2, 0) is 15.9 Å². The summed E-state index contributed by atoms with van der Waals surface area (Å²) in [5, 5.41) is 0. The minimum atomic E-state index is -3.56. The van der Waals surface area contributed by atoms with E-state index >= 15 is 0 Å². The Labute approximate surface area is 131 Å². The lowest BCUT2D eigenvalue weighted by Gasteiger charge is -2.21. The molecule has 1 aliphatic heterocycles. The van der Waals surface area contributed by atoms with Gasteiger partial charge in [-0.1, -0.05) is 0 Å². The number of hydrogen-bond donors (Lipinski definition) is 0. The predicted octanol–water partition coefficient (Wildman–Crippen LogP) is 2.21. The van der Waals surface area contributed by atoms with Crippen molar-refractivity contribution in [3.63, 3.8) is 0 Å². The van der Waals surface area contributed by atoms with Crippen molar-refractivity contribution in [1.82, 2.24) is 9.21 Å². The SMILES string of the molecule is Cc1oc(C)c(S(=O)(=O)N(C)CC2CCN(C)C2)c1CCl. The number of alkyl halides is 1. The summed E-state index contributed by atoms with van der Waals surface area (Å²) in [4.78, 5) is 2.46. The van der Waals surface area contributed by atoms with Crippen molar-refractivity contribution in [2.75, 3.05) is 33.7 Å². The van der Waals surface area contributed by atoms with Crippen LogP contribution < -0.4 is 0 Å². The molecule has 5 nitrogen and oxygen atoms in total. The van der Waals surface area contributed by atoms with Gasteiger partial charge in [0.25, 0.3) is 0 Å². The minimum absolute atomic E-state index is 0.137. The van der Waals surface area contributed by atoms with Crippen LogP contribution >= 0.6 is 11.6 Å². The molecule has 0 radical (unpaired) electrons. The highest BCUT2D eigenvalue weighted by Crippen LogP contribution is 2.30. The molecule has 1 unspecified atom stereocenters. The van der Waals surface area contributed by atoms with E-state index in [9.17, 15) is 8.42 Å². The molecule has 0 spiro atoms. The lowest BCUT2D eigenvalue weighted by atomic mass is 10.1. The zero-order chi connectivity index (χ0) is 15.8. The number of furan rings is 1. The third-order valence-corrected chi connectivity index (χ3v) is 6.42. The molecule has 1 fully saturated rings. The van der Waals surface area contributed by atoms with E-state index in [0.717, 1.165) is 19.5 Å². The van der Waals surface area contributed by atoms with Crippen LogP contribution in [0.5, 0.6) is 0 Å². The zero-order valence-electron chi connectivity index (χ0n) is 13.0. The molecule has 1 saturated heterocycles. The van der Waals surface area contributed by atoms with Gasteiger partial charge in [-0.3, -0.25) is 0 Å². The molecule has 0 N–H and O–H groups in total. The molecule has 1 aliphatic rings. The first kappa shape index (κ1) is 16.8. The van der Waals surface area contributed by atoms with Gasteiger partial charge in [0.2, 0.25) is 10.0 Å². The molecule has 21 heavy (non-hydrogen) atoms. The van der Waals surface area contributed by atoms with Crippen LogP contribution in [0.25, 0.3) is 0 Å². The van der Waals surface area contributed by atoms with E-state index < -0.39 is 10.0 Å². The molecular formula is C14H23ClN2O3S. The van der Waals surface area contributed by atoms with E-state index in [4.69, 9.17) is 16.0 Å². The summed E-state index contributed by atoms with van der Waals surface area (Å²) in [6.07, 6.45) is 1.03. The van der Waals surface area contributed by atoms with Crippen molar-refractivity contribution in [3.8, 4) is 0 Å². The molecule has 1 aromatic rings. The van der Waals surface area contributed by atoms with Gasteiger partial charge in [-0.05, 0) is 39.8 Å². The Balaban J connectivity index is 2.25. The Morgan fingerprint density at radius 2 is 2.05 bits per heavy atom. The molecule has 120 valence electrons. The Kier molecular flexibility index (Phi) is 5.03. The summed E-state index contributed by atoms with van der Waals surface area (Å²) in [6, 6.07) is 0. The van der Waals surface area contributed by atoms with Gasteiger partial charge >= 0.3 is 0 Å². The molecule has 2 heterocycles. The zero-order valence-corrected chi connectivity index (χ0v) is 14.6. The molecule has 0 bridgehead atoms. The first-order valence-electron chi connectivity index (χ1n) is 7.07. The summed E-state index contributed by atoms with van der Waals surface area (Å²) in [5.74, 6) is 1.51. The largest absolute Gasteiger partial charge is 0.465 e. The molecule has 1 aromatic heterocycles. The molecule has 0 aliphatic carbocycles. The van der Waals surface area contributed by atoms with Crippen LogP contribution in [0.3, 0.4) is 0 Å². The number of hydrogen-bond acceptors (Lipinski definition) is 4. The van der Waals surface area contributed by atoms with Crippen molar-refractivity contribution in [2.45, 2.75) is 31.0 Å². The summed E-state index contributed by atoms with van der Waals surface area (Å²) in [7, 11) is 0.132. The maximum absolute atomic E-state index is 12.8. The van der Waals surface area contributed by atoms with Crippen LogP contribution in [-0.4, -0.2) is 51.4 Å². The average molecular weight is 335 g/mol. The van der Waals surface area contributed by atoms with Gasteiger partial charge in [0.1, 0.15) is 16.4 Å². The van der Waals surface area contributed by atoms with Crippen molar-refractivity contribution in [3.05, 3.63) is 17.1 Å². The number of sulfonamides is 1. The summed E-state index contributed by atoms with van der Waals surface area (Å²) in [5.41, 5.74) is 0.574. The Hall–Kier alpha value is -0.560. The Bertz CT molecular complexity index is 612. The van der Waals surface area contributed by atoms with E-state index in [2.05, 4.69) is 11.9 Å². The second-order valence-electron chi connectivity index (χ2n) is 5.86. The quantitative estimate of drug-likeness (QED) is 0.775. The van der Waals surface area contributed by atoms with E-state index in [0.29, 0.717) is 29.5 Å². The van der Waals surface area contributed by atoms with Gasteiger partial charge in [0, 0.05) is 25.7 Å². The van der Waals surface area contributed by atoms with Gasteiger partial charge < -0.3 is 9.32 Å². The minimum Gasteiger partial charge on any atom is -0.465 e. The van der Waals surface area contributed by atoms with Gasteiger partial charge in [-0.2, -0.15) is 0 Å². The summed E-state index contributed by atoms with van der Waals surface area (Å²) >= 11 is 5.90. The highest BCUT2D eigenvalue weighted by Gasteiger charge is 2.32. The second kappa shape index (κ2) is 6.28. The van der Waals surface area contributed by atoms with Crippen LogP contribution in [0.4, 0.5) is 0 Å².